The number of nitrogens with zero attached hydrogens (tertiary/aromatic N) is 1. The van der Waals surface area contributed by atoms with E-state index in [9.17, 15) is 4.79 Å². The van der Waals surface area contributed by atoms with E-state index >= 15 is 0 Å². The van der Waals surface area contributed by atoms with Gasteiger partial charge in [-0.3, -0.25) is 4.79 Å². The summed E-state index contributed by atoms with van der Waals surface area (Å²) in [6.07, 6.45) is 1.48. The van der Waals surface area contributed by atoms with Crippen LogP contribution in [0.15, 0.2) is 28.9 Å². The zero-order valence-corrected chi connectivity index (χ0v) is 10.2. The van der Waals surface area contributed by atoms with Gasteiger partial charge in [-0.15, -0.1) is 0 Å². The molecule has 0 saturated heterocycles. The van der Waals surface area contributed by atoms with E-state index in [0.717, 1.165) is 5.56 Å². The molecular weight excluding hydrogens is 240 g/mol. The normalized spacial score (nSPS) is 10.3. The Bertz CT molecular complexity index is 563. The fourth-order valence-electron chi connectivity index (χ4n) is 1.45. The van der Waals surface area contributed by atoms with Crippen LogP contribution in [0, 0.1) is 13.8 Å². The van der Waals surface area contributed by atoms with E-state index in [1.54, 1.807) is 25.1 Å². The Morgan fingerprint density at radius 2 is 2.12 bits per heavy atom. The molecule has 2 heterocycles. The number of furan rings is 1. The second-order valence-electron chi connectivity index (χ2n) is 3.65. The highest BCUT2D eigenvalue weighted by Gasteiger charge is 2.13. The second kappa shape index (κ2) is 4.59. The molecule has 2 rings (SSSR count). The Balaban J connectivity index is 2.22. The van der Waals surface area contributed by atoms with E-state index in [1.165, 1.54) is 6.26 Å². The fraction of sp³-hybridized carbons (Fsp3) is 0.167. The van der Waals surface area contributed by atoms with Crippen LogP contribution in [0.5, 0.6) is 0 Å². The van der Waals surface area contributed by atoms with Crippen molar-refractivity contribution in [3.05, 3.63) is 46.6 Å². The molecule has 1 amide bonds. The molecule has 0 unspecified atom stereocenters. The molecule has 0 fully saturated rings. The fourth-order valence-corrected chi connectivity index (χ4v) is 1.64. The van der Waals surface area contributed by atoms with E-state index in [0.29, 0.717) is 22.3 Å². The molecule has 88 valence electrons. The van der Waals surface area contributed by atoms with Gasteiger partial charge in [-0.1, -0.05) is 11.6 Å². The van der Waals surface area contributed by atoms with Crippen LogP contribution in [0.1, 0.15) is 21.8 Å². The first kappa shape index (κ1) is 11.7. The SMILES string of the molecule is Cc1ccoc1C(=O)Nc1ccc(Cl)nc1C. The summed E-state index contributed by atoms with van der Waals surface area (Å²) >= 11 is 5.74. The summed E-state index contributed by atoms with van der Waals surface area (Å²) in [6, 6.07) is 5.07. The van der Waals surface area contributed by atoms with Crippen molar-refractivity contribution in [1.82, 2.24) is 4.98 Å². The third kappa shape index (κ3) is 2.47. The molecule has 0 aliphatic rings. The molecule has 0 bridgehead atoms. The minimum absolute atomic E-state index is 0.292. The number of pyridine rings is 1. The third-order valence-corrected chi connectivity index (χ3v) is 2.58. The van der Waals surface area contributed by atoms with E-state index < -0.39 is 0 Å². The first-order chi connectivity index (χ1) is 8.08. The maximum atomic E-state index is 11.9. The lowest BCUT2D eigenvalue weighted by atomic mass is 10.2. The van der Waals surface area contributed by atoms with Gasteiger partial charge in [0.25, 0.3) is 5.91 Å². The number of carbonyl (C=O) groups is 1. The van der Waals surface area contributed by atoms with Crippen LogP contribution in [0.4, 0.5) is 5.69 Å². The van der Waals surface area contributed by atoms with Crippen LogP contribution in [0.3, 0.4) is 0 Å². The number of hydrogen-bond acceptors (Lipinski definition) is 3. The maximum absolute atomic E-state index is 11.9. The van der Waals surface area contributed by atoms with E-state index in [2.05, 4.69) is 10.3 Å². The Morgan fingerprint density at radius 3 is 2.71 bits per heavy atom. The molecule has 4 nitrogen and oxygen atoms in total. The molecule has 1 N–H and O–H groups in total. The zero-order chi connectivity index (χ0) is 12.4. The Hall–Kier alpha value is -1.81. The number of amides is 1. The second-order valence-corrected chi connectivity index (χ2v) is 4.04. The van der Waals surface area contributed by atoms with Crippen LogP contribution in [0.2, 0.25) is 5.15 Å². The molecule has 0 aliphatic heterocycles. The summed E-state index contributed by atoms with van der Waals surface area (Å²) in [5.74, 6) is 0.0130. The predicted molar refractivity (Wildman–Crippen MR) is 65.4 cm³/mol. The standard InChI is InChI=1S/C12H11ClN2O2/c1-7-5-6-17-11(7)12(16)15-9-3-4-10(13)14-8(9)2/h3-6H,1-2H3,(H,15,16). The van der Waals surface area contributed by atoms with Crippen LogP contribution in [0.25, 0.3) is 0 Å². The summed E-state index contributed by atoms with van der Waals surface area (Å²) in [4.78, 5) is 15.9. The van der Waals surface area contributed by atoms with Gasteiger partial charge in [-0.05, 0) is 32.0 Å². The molecule has 0 aliphatic carbocycles. The highest BCUT2D eigenvalue weighted by molar-refractivity contribution is 6.29. The molecule has 0 saturated carbocycles. The number of hydrogen-bond donors (Lipinski definition) is 1. The van der Waals surface area contributed by atoms with Gasteiger partial charge < -0.3 is 9.73 Å². The Labute approximate surface area is 104 Å². The number of anilines is 1. The molecule has 2 aromatic rings. The predicted octanol–water partition coefficient (Wildman–Crippen LogP) is 3.20. The molecule has 0 atom stereocenters. The lowest BCUT2D eigenvalue weighted by Gasteiger charge is -2.06. The number of rotatable bonds is 2. The number of aromatic nitrogens is 1. The van der Waals surface area contributed by atoms with Crippen molar-refractivity contribution in [1.29, 1.82) is 0 Å². The smallest absolute Gasteiger partial charge is 0.291 e. The van der Waals surface area contributed by atoms with E-state index in [-0.39, 0.29) is 5.91 Å². The summed E-state index contributed by atoms with van der Waals surface area (Å²) in [5.41, 5.74) is 2.08. The van der Waals surface area contributed by atoms with E-state index in [1.807, 2.05) is 6.92 Å². The van der Waals surface area contributed by atoms with Crippen molar-refractivity contribution >= 4 is 23.2 Å². The molecule has 0 spiro atoms. The Morgan fingerprint density at radius 1 is 1.35 bits per heavy atom. The van der Waals surface area contributed by atoms with Crippen molar-refractivity contribution in [2.24, 2.45) is 0 Å². The topological polar surface area (TPSA) is 55.1 Å². The van der Waals surface area contributed by atoms with Crippen LogP contribution in [-0.2, 0) is 0 Å². The average Bonchev–Trinajstić information content (AvgIpc) is 2.68. The lowest BCUT2D eigenvalue weighted by molar-refractivity contribution is 0.0995. The monoisotopic (exact) mass is 250 g/mol. The molecule has 17 heavy (non-hydrogen) atoms. The summed E-state index contributed by atoms with van der Waals surface area (Å²) < 4.78 is 5.10. The first-order valence-electron chi connectivity index (χ1n) is 5.06. The van der Waals surface area contributed by atoms with Gasteiger partial charge in [0, 0.05) is 5.56 Å². The highest BCUT2D eigenvalue weighted by Crippen LogP contribution is 2.17. The Kier molecular flexibility index (Phi) is 3.15. The van der Waals surface area contributed by atoms with Crippen molar-refractivity contribution in [3.8, 4) is 0 Å². The average molecular weight is 251 g/mol. The van der Waals surface area contributed by atoms with Gasteiger partial charge in [-0.25, -0.2) is 4.98 Å². The highest BCUT2D eigenvalue weighted by atomic mass is 35.5. The van der Waals surface area contributed by atoms with Crippen molar-refractivity contribution in [2.75, 3.05) is 5.32 Å². The quantitative estimate of drug-likeness (QED) is 0.833. The minimum Gasteiger partial charge on any atom is -0.459 e. The van der Waals surface area contributed by atoms with Gasteiger partial charge in [0.05, 0.1) is 17.6 Å². The summed E-state index contributed by atoms with van der Waals surface area (Å²) in [7, 11) is 0. The largest absolute Gasteiger partial charge is 0.459 e. The lowest BCUT2D eigenvalue weighted by Crippen LogP contribution is -2.13. The molecule has 0 aromatic carbocycles. The van der Waals surface area contributed by atoms with Crippen LogP contribution >= 0.6 is 11.6 Å². The van der Waals surface area contributed by atoms with Gasteiger partial charge >= 0.3 is 0 Å². The number of nitrogens with one attached hydrogen (secondary N) is 1. The van der Waals surface area contributed by atoms with Crippen molar-refractivity contribution in [2.45, 2.75) is 13.8 Å². The van der Waals surface area contributed by atoms with Crippen LogP contribution in [-0.4, -0.2) is 10.9 Å². The summed E-state index contributed by atoms with van der Waals surface area (Å²) in [5, 5.41) is 3.12. The molecule has 2 aromatic heterocycles. The number of aryl methyl sites for hydroxylation is 2. The van der Waals surface area contributed by atoms with Crippen molar-refractivity contribution in [3.63, 3.8) is 0 Å². The maximum Gasteiger partial charge on any atom is 0.291 e. The van der Waals surface area contributed by atoms with E-state index in [4.69, 9.17) is 16.0 Å². The first-order valence-corrected chi connectivity index (χ1v) is 5.44. The molecule has 0 radical (unpaired) electrons. The van der Waals surface area contributed by atoms with Gasteiger partial charge in [0.1, 0.15) is 5.15 Å². The third-order valence-electron chi connectivity index (χ3n) is 2.37. The molecule has 5 heteroatoms. The van der Waals surface area contributed by atoms with Gasteiger partial charge in [0.2, 0.25) is 0 Å². The zero-order valence-electron chi connectivity index (χ0n) is 9.45. The number of carbonyl (C=O) groups excluding carboxylic acids is 1. The van der Waals surface area contributed by atoms with Gasteiger partial charge in [-0.2, -0.15) is 0 Å². The van der Waals surface area contributed by atoms with Crippen LogP contribution < -0.4 is 5.32 Å². The van der Waals surface area contributed by atoms with Gasteiger partial charge in [0.15, 0.2) is 5.76 Å². The molecular formula is C12H11ClN2O2. The summed E-state index contributed by atoms with van der Waals surface area (Å²) in [6.45, 7) is 3.59. The number of halogens is 1. The minimum atomic E-state index is -0.292. The van der Waals surface area contributed by atoms with Crippen molar-refractivity contribution < 1.29 is 9.21 Å².